The molecular formula is C33H53F3N6O6S. The lowest BCUT2D eigenvalue weighted by Crippen LogP contribution is -2.62. The molecular weight excluding hydrogens is 665 g/mol. The van der Waals surface area contributed by atoms with E-state index >= 15 is 0 Å². The minimum atomic E-state index is -4.65. The van der Waals surface area contributed by atoms with Gasteiger partial charge in [-0.25, -0.2) is 13.3 Å². The number of Topliss-reactive ketones (excluding diaryl/α,β-unsaturated/α-hetero) is 1. The van der Waals surface area contributed by atoms with E-state index < -0.39 is 94.5 Å². The molecule has 2 aliphatic heterocycles. The highest BCUT2D eigenvalue weighted by Crippen LogP contribution is 2.65. The van der Waals surface area contributed by atoms with Gasteiger partial charge in [-0.15, -0.1) is 6.58 Å². The summed E-state index contributed by atoms with van der Waals surface area (Å²) in [5.74, 6) is -3.69. The number of nitrogens with zero attached hydrogens (tertiary/aromatic N) is 2. The van der Waals surface area contributed by atoms with Crippen LogP contribution in [0.15, 0.2) is 12.7 Å². The minimum Gasteiger partial charge on any atom is -0.346 e. The van der Waals surface area contributed by atoms with Crippen LogP contribution in [0.3, 0.4) is 0 Å². The molecule has 3 aliphatic rings. The van der Waals surface area contributed by atoms with Crippen molar-refractivity contribution in [3.63, 3.8) is 0 Å². The summed E-state index contributed by atoms with van der Waals surface area (Å²) in [6, 6.07) is -5.08. The van der Waals surface area contributed by atoms with Crippen molar-refractivity contribution in [1.29, 1.82) is 0 Å². The van der Waals surface area contributed by atoms with Crippen LogP contribution in [0.25, 0.3) is 0 Å². The van der Waals surface area contributed by atoms with Gasteiger partial charge in [-0.1, -0.05) is 61.5 Å². The lowest BCUT2D eigenvalue weighted by Gasteiger charge is -2.39. The van der Waals surface area contributed by atoms with Gasteiger partial charge in [-0.05, 0) is 40.9 Å². The van der Waals surface area contributed by atoms with Crippen LogP contribution < -0.4 is 21.3 Å². The Kier molecular flexibility index (Phi) is 12.4. The van der Waals surface area contributed by atoms with Gasteiger partial charge in [0.25, 0.3) is 5.91 Å². The second-order valence-corrected chi connectivity index (χ2v) is 17.6. The third kappa shape index (κ3) is 10.0. The van der Waals surface area contributed by atoms with Crippen molar-refractivity contribution in [3.8, 4) is 0 Å². The van der Waals surface area contributed by atoms with Crippen LogP contribution >= 0.6 is 0 Å². The first kappa shape index (κ1) is 40.4. The number of nitrogens with one attached hydrogen (secondary N) is 4. The number of likely N-dealkylation sites (tertiary alicyclic amines) is 1. The predicted molar refractivity (Wildman–Crippen MR) is 179 cm³/mol. The highest BCUT2D eigenvalue weighted by Gasteiger charge is 2.70. The molecule has 3 rings (SSSR count). The molecule has 2 saturated heterocycles. The number of hydrogen-bond acceptors (Lipinski definition) is 6. The number of amides is 5. The number of fused-ring (bicyclic) bond motifs is 1. The fraction of sp³-hybridized carbons (Fsp3) is 0.788. The number of piperidine rings is 1. The van der Waals surface area contributed by atoms with E-state index in [1.165, 1.54) is 11.0 Å². The van der Waals surface area contributed by atoms with Gasteiger partial charge in [0.05, 0.1) is 17.0 Å². The molecule has 0 bridgehead atoms. The Morgan fingerprint density at radius 3 is 2.14 bits per heavy atom. The van der Waals surface area contributed by atoms with E-state index in [1.807, 2.05) is 38.9 Å². The molecule has 12 nitrogen and oxygen atoms in total. The average Bonchev–Trinajstić information content (AvgIpc) is 3.31. The summed E-state index contributed by atoms with van der Waals surface area (Å²) in [4.78, 5) is 68.3. The normalized spacial score (nSPS) is 25.4. The molecule has 16 heteroatoms. The lowest BCUT2D eigenvalue weighted by molar-refractivity contribution is -0.148. The van der Waals surface area contributed by atoms with Crippen LogP contribution in [0.5, 0.6) is 0 Å². The lowest BCUT2D eigenvalue weighted by atomic mass is 9.85. The Hall–Kier alpha value is -3.01. The monoisotopic (exact) mass is 718 g/mol. The van der Waals surface area contributed by atoms with Crippen LogP contribution in [0.4, 0.5) is 18.0 Å². The fourth-order valence-corrected chi connectivity index (χ4v) is 7.99. The highest BCUT2D eigenvalue weighted by atomic mass is 32.2. The van der Waals surface area contributed by atoms with Crippen molar-refractivity contribution in [2.45, 2.75) is 105 Å². The number of urea groups is 1. The second kappa shape index (κ2) is 15.1. The summed E-state index contributed by atoms with van der Waals surface area (Å²) >= 11 is 0. The number of hydrogen-bond donors (Lipinski definition) is 4. The zero-order valence-corrected chi connectivity index (χ0v) is 30.6. The molecule has 1 saturated carbocycles. The van der Waals surface area contributed by atoms with Crippen LogP contribution in [0.1, 0.15) is 74.7 Å². The number of halogens is 3. The zero-order valence-electron chi connectivity index (χ0n) is 29.8. The van der Waals surface area contributed by atoms with E-state index in [0.29, 0.717) is 18.8 Å². The molecule has 0 aromatic rings. The van der Waals surface area contributed by atoms with Crippen molar-refractivity contribution in [1.82, 2.24) is 30.5 Å². The molecule has 2 unspecified atom stereocenters. The molecule has 5 amide bonds. The third-order valence-electron chi connectivity index (χ3n) is 9.88. The Balaban J connectivity index is 1.84. The van der Waals surface area contributed by atoms with Gasteiger partial charge in [0.15, 0.2) is 0 Å². The van der Waals surface area contributed by atoms with E-state index in [1.54, 1.807) is 20.8 Å². The summed E-state index contributed by atoms with van der Waals surface area (Å²) in [5.41, 5.74) is -1.62. The van der Waals surface area contributed by atoms with Gasteiger partial charge in [0.1, 0.15) is 12.1 Å². The zero-order chi connectivity index (χ0) is 37.3. The molecule has 7 atom stereocenters. The van der Waals surface area contributed by atoms with E-state index in [4.69, 9.17) is 0 Å². The van der Waals surface area contributed by atoms with Crippen molar-refractivity contribution in [2.24, 2.45) is 28.1 Å². The molecule has 0 aromatic heterocycles. The molecule has 0 aromatic carbocycles. The second-order valence-electron chi connectivity index (χ2n) is 16.1. The van der Waals surface area contributed by atoms with Crippen LogP contribution in [-0.4, -0.2) is 105 Å². The largest absolute Gasteiger partial charge is 0.389 e. The molecule has 278 valence electrons. The highest BCUT2D eigenvalue weighted by molar-refractivity contribution is 7.82. The topological polar surface area (TPSA) is 157 Å². The summed E-state index contributed by atoms with van der Waals surface area (Å²) in [6.45, 7) is 19.4. The minimum absolute atomic E-state index is 0.101. The first-order valence-corrected chi connectivity index (χ1v) is 18.0. The molecule has 3 fully saturated rings. The Bertz CT molecular complexity index is 1330. The maximum Gasteiger partial charge on any atom is 0.389 e. The molecule has 2 heterocycles. The van der Waals surface area contributed by atoms with Gasteiger partial charge in [0, 0.05) is 44.4 Å². The first-order valence-electron chi connectivity index (χ1n) is 16.7. The maximum absolute atomic E-state index is 14.3. The number of carbonyl (C=O) groups excluding carboxylic acids is 5. The van der Waals surface area contributed by atoms with E-state index in [9.17, 15) is 41.4 Å². The third-order valence-corrected chi connectivity index (χ3v) is 11.4. The van der Waals surface area contributed by atoms with E-state index in [2.05, 4.69) is 27.8 Å². The predicted octanol–water partition coefficient (Wildman–Crippen LogP) is 2.67. The first-order chi connectivity index (χ1) is 22.4. The quantitative estimate of drug-likeness (QED) is 0.170. The summed E-state index contributed by atoms with van der Waals surface area (Å²) in [5, 5.41) is 10.4. The van der Waals surface area contributed by atoms with Gasteiger partial charge >= 0.3 is 12.2 Å². The molecule has 0 spiro atoms. The standard InChI is InChI=1S/C33H53F3N6O6S/c1-10-14-37-27(45)24(43)20(12-13-33(34,35)36)38-26(44)23-22-19(32(22,8)9)17-42(23)28(46)25(31(5,6)7)40-29(47)39-21(30(2,3)4)18-41-15-11-16-49(41)48/h10,19-23,25H,1,11-18H2,2-9H3,(H,37,45)(H,38,44)(H2,39,40,47)/t19-,20?,21+,22-,23-,25+,49?/m0/s1. The number of ketones is 1. The van der Waals surface area contributed by atoms with Crippen molar-refractivity contribution >= 4 is 40.5 Å². The maximum atomic E-state index is 14.3. The van der Waals surface area contributed by atoms with E-state index in [0.717, 1.165) is 6.42 Å². The number of carbonyl (C=O) groups is 5. The van der Waals surface area contributed by atoms with Crippen molar-refractivity contribution < 1.29 is 41.4 Å². The molecule has 0 radical (unpaired) electrons. The smallest absolute Gasteiger partial charge is 0.346 e. The Labute approximate surface area is 289 Å². The fourth-order valence-electron chi connectivity index (χ4n) is 6.71. The molecule has 1 aliphatic carbocycles. The average molecular weight is 719 g/mol. The Morgan fingerprint density at radius 1 is 1.00 bits per heavy atom. The summed E-state index contributed by atoms with van der Waals surface area (Å²) in [6.07, 6.45) is -4.84. The van der Waals surface area contributed by atoms with Gasteiger partial charge in [0.2, 0.25) is 17.6 Å². The van der Waals surface area contributed by atoms with Crippen LogP contribution in [0.2, 0.25) is 0 Å². The van der Waals surface area contributed by atoms with Crippen LogP contribution in [0, 0.1) is 28.1 Å². The SMILES string of the molecule is C=CCNC(=O)C(=O)C(CCC(F)(F)F)NC(=O)[C@@H]1[C@@H]2[C@H](CN1C(=O)[C@@H](NC(=O)N[C@H](CN1CCCS1=O)C(C)(C)C)C(C)(C)C)C2(C)C. The molecule has 4 N–H and O–H groups in total. The van der Waals surface area contributed by atoms with Crippen LogP contribution in [-0.2, 0) is 30.2 Å². The Morgan fingerprint density at radius 2 is 1.63 bits per heavy atom. The van der Waals surface area contributed by atoms with Crippen molar-refractivity contribution in [2.75, 3.05) is 31.9 Å². The van der Waals surface area contributed by atoms with Crippen molar-refractivity contribution in [3.05, 3.63) is 12.7 Å². The molecule has 49 heavy (non-hydrogen) atoms. The number of rotatable bonds is 13. The van der Waals surface area contributed by atoms with Gasteiger partial charge in [-0.2, -0.15) is 13.2 Å². The van der Waals surface area contributed by atoms with Gasteiger partial charge < -0.3 is 26.2 Å². The summed E-state index contributed by atoms with van der Waals surface area (Å²) < 4.78 is 53.8. The van der Waals surface area contributed by atoms with Gasteiger partial charge in [-0.3, -0.25) is 19.2 Å². The number of alkyl halides is 3. The summed E-state index contributed by atoms with van der Waals surface area (Å²) in [7, 11) is -1.14. The van der Waals surface area contributed by atoms with E-state index in [-0.39, 0.29) is 30.3 Å².